The summed E-state index contributed by atoms with van der Waals surface area (Å²) in [5.74, 6) is 7.48. The monoisotopic (exact) mass is 276 g/mol. The molecule has 3 nitrogen and oxygen atoms in total. The van der Waals surface area contributed by atoms with E-state index in [1.807, 2.05) is 0 Å². The summed E-state index contributed by atoms with van der Waals surface area (Å²) >= 11 is 0. The third kappa shape index (κ3) is 3.60. The van der Waals surface area contributed by atoms with Crippen molar-refractivity contribution in [2.24, 2.45) is 17.7 Å². The first-order chi connectivity index (χ1) is 9.77. The van der Waals surface area contributed by atoms with Crippen LogP contribution in [-0.2, 0) is 4.74 Å². The summed E-state index contributed by atoms with van der Waals surface area (Å²) in [5.41, 5.74) is 4.49. The Hall–Kier alpha value is -0.900. The SMILES string of the molecule is CCC(C)C(c1ccccc1)C(NN)C1CCCOC1. The molecular weight excluding hydrogens is 248 g/mol. The molecule has 1 aliphatic rings. The molecule has 1 fully saturated rings. The number of benzene rings is 1. The highest BCUT2D eigenvalue weighted by Crippen LogP contribution is 2.35. The molecule has 20 heavy (non-hydrogen) atoms. The van der Waals surface area contributed by atoms with E-state index >= 15 is 0 Å². The molecule has 0 bridgehead atoms. The quantitative estimate of drug-likeness (QED) is 0.620. The Labute approximate surface area is 122 Å². The van der Waals surface area contributed by atoms with Gasteiger partial charge in [0.1, 0.15) is 0 Å². The molecule has 4 atom stereocenters. The molecule has 1 heterocycles. The molecule has 4 unspecified atom stereocenters. The molecule has 112 valence electrons. The van der Waals surface area contributed by atoms with Crippen molar-refractivity contribution in [1.82, 2.24) is 5.43 Å². The number of nitrogens with two attached hydrogens (primary N) is 1. The highest BCUT2D eigenvalue weighted by molar-refractivity contribution is 5.22. The minimum Gasteiger partial charge on any atom is -0.381 e. The van der Waals surface area contributed by atoms with Crippen molar-refractivity contribution in [3.8, 4) is 0 Å². The van der Waals surface area contributed by atoms with Crippen LogP contribution in [0.3, 0.4) is 0 Å². The van der Waals surface area contributed by atoms with Gasteiger partial charge in [-0.3, -0.25) is 11.3 Å². The van der Waals surface area contributed by atoms with E-state index in [4.69, 9.17) is 10.6 Å². The fourth-order valence-electron chi connectivity index (χ4n) is 3.40. The zero-order chi connectivity index (χ0) is 14.4. The molecule has 0 amide bonds. The second-order valence-corrected chi connectivity index (χ2v) is 5.99. The molecule has 0 saturated carbocycles. The van der Waals surface area contributed by atoms with Gasteiger partial charge < -0.3 is 4.74 Å². The summed E-state index contributed by atoms with van der Waals surface area (Å²) < 4.78 is 5.67. The summed E-state index contributed by atoms with van der Waals surface area (Å²) in [5, 5.41) is 0. The lowest BCUT2D eigenvalue weighted by Crippen LogP contribution is -2.49. The minimum absolute atomic E-state index is 0.285. The first-order valence-corrected chi connectivity index (χ1v) is 7.86. The van der Waals surface area contributed by atoms with Gasteiger partial charge in [-0.15, -0.1) is 0 Å². The van der Waals surface area contributed by atoms with Gasteiger partial charge in [0.25, 0.3) is 0 Å². The van der Waals surface area contributed by atoms with E-state index in [0.717, 1.165) is 26.1 Å². The van der Waals surface area contributed by atoms with Crippen molar-refractivity contribution in [3.05, 3.63) is 35.9 Å². The van der Waals surface area contributed by atoms with Crippen LogP contribution in [0.2, 0.25) is 0 Å². The van der Waals surface area contributed by atoms with Crippen LogP contribution in [0.4, 0.5) is 0 Å². The molecule has 1 aromatic rings. The fraction of sp³-hybridized carbons (Fsp3) is 0.647. The maximum absolute atomic E-state index is 5.93. The van der Waals surface area contributed by atoms with Crippen LogP contribution in [-0.4, -0.2) is 19.3 Å². The third-order valence-corrected chi connectivity index (χ3v) is 4.72. The van der Waals surface area contributed by atoms with E-state index in [0.29, 0.717) is 17.8 Å². The maximum atomic E-state index is 5.93. The molecule has 1 saturated heterocycles. The largest absolute Gasteiger partial charge is 0.381 e. The van der Waals surface area contributed by atoms with Crippen molar-refractivity contribution in [3.63, 3.8) is 0 Å². The molecular formula is C17H28N2O. The van der Waals surface area contributed by atoms with Crippen LogP contribution in [0.25, 0.3) is 0 Å². The lowest BCUT2D eigenvalue weighted by molar-refractivity contribution is 0.0309. The summed E-state index contributed by atoms with van der Waals surface area (Å²) in [6.45, 7) is 6.30. The smallest absolute Gasteiger partial charge is 0.0509 e. The maximum Gasteiger partial charge on any atom is 0.0509 e. The van der Waals surface area contributed by atoms with Crippen LogP contribution in [0, 0.1) is 11.8 Å². The Balaban J connectivity index is 2.23. The van der Waals surface area contributed by atoms with Crippen LogP contribution in [0.1, 0.15) is 44.6 Å². The Morgan fingerprint density at radius 2 is 2.10 bits per heavy atom. The number of hydrogen-bond donors (Lipinski definition) is 2. The Bertz CT molecular complexity index is 376. The molecule has 0 aromatic heterocycles. The molecule has 0 radical (unpaired) electrons. The van der Waals surface area contributed by atoms with Crippen molar-refractivity contribution >= 4 is 0 Å². The van der Waals surface area contributed by atoms with Crippen LogP contribution >= 0.6 is 0 Å². The summed E-state index contributed by atoms with van der Waals surface area (Å²) in [4.78, 5) is 0. The Morgan fingerprint density at radius 3 is 2.65 bits per heavy atom. The van der Waals surface area contributed by atoms with Crippen LogP contribution in [0.5, 0.6) is 0 Å². The lowest BCUT2D eigenvalue weighted by Gasteiger charge is -2.38. The first kappa shape index (κ1) is 15.5. The van der Waals surface area contributed by atoms with E-state index in [9.17, 15) is 0 Å². The molecule has 3 N–H and O–H groups in total. The molecule has 2 rings (SSSR count). The van der Waals surface area contributed by atoms with Gasteiger partial charge in [0, 0.05) is 18.6 Å². The van der Waals surface area contributed by atoms with Crippen LogP contribution in [0.15, 0.2) is 30.3 Å². The summed E-state index contributed by atoms with van der Waals surface area (Å²) in [6, 6.07) is 11.1. The van der Waals surface area contributed by atoms with Gasteiger partial charge in [-0.05, 0) is 30.2 Å². The average molecular weight is 276 g/mol. The first-order valence-electron chi connectivity index (χ1n) is 7.86. The van der Waals surface area contributed by atoms with E-state index < -0.39 is 0 Å². The second kappa shape index (κ2) is 7.77. The van der Waals surface area contributed by atoms with Crippen molar-refractivity contribution in [2.75, 3.05) is 13.2 Å². The fourth-order valence-corrected chi connectivity index (χ4v) is 3.40. The van der Waals surface area contributed by atoms with Gasteiger partial charge in [-0.2, -0.15) is 0 Å². The lowest BCUT2D eigenvalue weighted by atomic mass is 9.74. The number of nitrogens with one attached hydrogen (secondary N) is 1. The summed E-state index contributed by atoms with van der Waals surface area (Å²) in [6.07, 6.45) is 3.50. The average Bonchev–Trinajstić information content (AvgIpc) is 2.53. The predicted molar refractivity (Wildman–Crippen MR) is 83.3 cm³/mol. The summed E-state index contributed by atoms with van der Waals surface area (Å²) in [7, 11) is 0. The highest BCUT2D eigenvalue weighted by atomic mass is 16.5. The van der Waals surface area contributed by atoms with Crippen molar-refractivity contribution < 1.29 is 4.74 Å². The van der Waals surface area contributed by atoms with Gasteiger partial charge in [0.2, 0.25) is 0 Å². The van der Waals surface area contributed by atoms with E-state index in [1.54, 1.807) is 0 Å². The van der Waals surface area contributed by atoms with Gasteiger partial charge in [-0.1, -0.05) is 50.6 Å². The van der Waals surface area contributed by atoms with E-state index in [1.165, 1.54) is 12.0 Å². The molecule has 1 aromatic carbocycles. The molecule has 1 aliphatic heterocycles. The molecule has 0 aliphatic carbocycles. The topological polar surface area (TPSA) is 47.3 Å². The number of rotatable bonds is 6. The predicted octanol–water partition coefficient (Wildman–Crippen LogP) is 3.07. The third-order valence-electron chi connectivity index (χ3n) is 4.72. The molecule has 0 spiro atoms. The Kier molecular flexibility index (Phi) is 6.02. The van der Waals surface area contributed by atoms with E-state index in [2.05, 4.69) is 49.6 Å². The molecule has 3 heteroatoms. The highest BCUT2D eigenvalue weighted by Gasteiger charge is 2.33. The second-order valence-electron chi connectivity index (χ2n) is 5.99. The minimum atomic E-state index is 0.285. The van der Waals surface area contributed by atoms with Gasteiger partial charge in [0.05, 0.1) is 6.61 Å². The van der Waals surface area contributed by atoms with Crippen LogP contribution < -0.4 is 11.3 Å². The van der Waals surface area contributed by atoms with Gasteiger partial charge in [0.15, 0.2) is 0 Å². The Morgan fingerprint density at radius 1 is 1.35 bits per heavy atom. The van der Waals surface area contributed by atoms with Crippen molar-refractivity contribution in [1.29, 1.82) is 0 Å². The zero-order valence-corrected chi connectivity index (χ0v) is 12.7. The number of hydrogen-bond acceptors (Lipinski definition) is 3. The normalized spacial score (nSPS) is 24.1. The van der Waals surface area contributed by atoms with Gasteiger partial charge in [-0.25, -0.2) is 0 Å². The van der Waals surface area contributed by atoms with E-state index in [-0.39, 0.29) is 6.04 Å². The number of hydrazine groups is 1. The standard InChI is InChI=1S/C17H28N2O/c1-3-13(2)16(14-8-5-4-6-9-14)17(19-18)15-10-7-11-20-12-15/h4-6,8-9,13,15-17,19H,3,7,10-12,18H2,1-2H3. The zero-order valence-electron chi connectivity index (χ0n) is 12.7. The van der Waals surface area contributed by atoms with Crippen molar-refractivity contribution in [2.45, 2.75) is 45.1 Å². The number of ether oxygens (including phenoxy) is 1. The van der Waals surface area contributed by atoms with Gasteiger partial charge >= 0.3 is 0 Å².